The number of halogens is 3. The van der Waals surface area contributed by atoms with E-state index in [-0.39, 0.29) is 11.2 Å². The molecule has 1 aromatic carbocycles. The number of likely N-dealkylation sites (N-methyl/N-ethyl adjacent to an activating group) is 1. The molecule has 1 unspecified atom stereocenters. The summed E-state index contributed by atoms with van der Waals surface area (Å²) < 4.78 is 41.9. The molecular weight excluding hydrogens is 303 g/mol. The predicted octanol–water partition coefficient (Wildman–Crippen LogP) is 4.27. The van der Waals surface area contributed by atoms with Crippen LogP contribution in [0.25, 0.3) is 0 Å². The number of benzene rings is 1. The monoisotopic (exact) mass is 325 g/mol. The summed E-state index contributed by atoms with van der Waals surface area (Å²) in [4.78, 5) is 2.46. The number of hydrogen-bond acceptors (Lipinski definition) is 2. The maximum atomic E-state index is 12.6. The van der Waals surface area contributed by atoms with Gasteiger partial charge in [0.15, 0.2) is 0 Å². The van der Waals surface area contributed by atoms with Crippen molar-refractivity contribution in [3.63, 3.8) is 0 Å². The zero-order valence-electron chi connectivity index (χ0n) is 13.3. The Labute approximate surface area is 134 Å². The first kappa shape index (κ1) is 15.3. The molecule has 1 heterocycles. The van der Waals surface area contributed by atoms with Gasteiger partial charge in [0.05, 0.1) is 0 Å². The summed E-state index contributed by atoms with van der Waals surface area (Å²) in [5.41, 5.74) is 2.41. The minimum Gasteiger partial charge on any atom is -0.406 e. The van der Waals surface area contributed by atoms with Gasteiger partial charge in [-0.3, -0.25) is 0 Å². The summed E-state index contributed by atoms with van der Waals surface area (Å²) >= 11 is 0. The Balaban J connectivity index is 1.79. The summed E-state index contributed by atoms with van der Waals surface area (Å²) in [6.07, 6.45) is 2.09. The van der Waals surface area contributed by atoms with Crippen LogP contribution in [0.15, 0.2) is 18.2 Å². The van der Waals surface area contributed by atoms with Crippen LogP contribution in [0.3, 0.4) is 0 Å². The largest absolute Gasteiger partial charge is 0.573 e. The number of rotatable bonds is 1. The maximum absolute atomic E-state index is 12.6. The van der Waals surface area contributed by atoms with E-state index in [0.717, 1.165) is 31.4 Å². The van der Waals surface area contributed by atoms with Crippen molar-refractivity contribution >= 4 is 0 Å². The molecule has 2 nitrogen and oxygen atoms in total. The van der Waals surface area contributed by atoms with Gasteiger partial charge < -0.3 is 9.64 Å². The van der Waals surface area contributed by atoms with E-state index in [1.165, 1.54) is 30.9 Å². The number of fused-ring (bicyclic) bond motifs is 1. The van der Waals surface area contributed by atoms with E-state index in [2.05, 4.69) is 16.7 Å². The van der Waals surface area contributed by atoms with Crippen LogP contribution in [-0.4, -0.2) is 30.9 Å². The first-order valence-corrected chi connectivity index (χ1v) is 8.48. The van der Waals surface area contributed by atoms with Gasteiger partial charge in [0, 0.05) is 11.5 Å². The molecular formula is C18H22F3NO. The van der Waals surface area contributed by atoms with E-state index in [9.17, 15) is 13.2 Å². The Kier molecular flexibility index (Phi) is 3.42. The van der Waals surface area contributed by atoms with Crippen LogP contribution in [0.2, 0.25) is 0 Å². The standard InChI is InChI=1S/C18H22F3NO/c1-22-9-8-17-7-3-2-4-14(17)16(22)10-12-5-6-13(11-15(12)17)23-18(19,20)21/h5-6,11,14,16H,2-4,7-10H2,1H3/t14-,16?,17-/m0/s1. The molecule has 0 aromatic heterocycles. The molecule has 3 aliphatic rings. The average Bonchev–Trinajstić information content (AvgIpc) is 2.50. The van der Waals surface area contributed by atoms with E-state index < -0.39 is 6.36 Å². The summed E-state index contributed by atoms with van der Waals surface area (Å²) in [6, 6.07) is 5.55. The van der Waals surface area contributed by atoms with Crippen molar-refractivity contribution in [3.8, 4) is 5.75 Å². The highest BCUT2D eigenvalue weighted by atomic mass is 19.4. The van der Waals surface area contributed by atoms with Gasteiger partial charge in [0.2, 0.25) is 0 Å². The van der Waals surface area contributed by atoms with E-state index in [1.807, 2.05) is 6.07 Å². The normalized spacial score (nSPS) is 33.7. The van der Waals surface area contributed by atoms with Gasteiger partial charge in [-0.05, 0) is 68.5 Å². The van der Waals surface area contributed by atoms with Gasteiger partial charge >= 0.3 is 6.36 Å². The number of hydrogen-bond donors (Lipinski definition) is 0. The Morgan fingerprint density at radius 1 is 1.22 bits per heavy atom. The zero-order valence-corrected chi connectivity index (χ0v) is 13.3. The van der Waals surface area contributed by atoms with Gasteiger partial charge in [0.1, 0.15) is 5.75 Å². The third-order valence-corrected chi connectivity index (χ3v) is 6.32. The van der Waals surface area contributed by atoms with Crippen molar-refractivity contribution in [1.82, 2.24) is 4.90 Å². The van der Waals surface area contributed by atoms with Crippen LogP contribution in [-0.2, 0) is 11.8 Å². The molecule has 23 heavy (non-hydrogen) atoms. The van der Waals surface area contributed by atoms with Crippen LogP contribution in [0.4, 0.5) is 13.2 Å². The Hall–Kier alpha value is -1.23. The molecule has 3 atom stereocenters. The highest BCUT2D eigenvalue weighted by Crippen LogP contribution is 2.56. The van der Waals surface area contributed by atoms with Crippen molar-refractivity contribution in [3.05, 3.63) is 29.3 Å². The van der Waals surface area contributed by atoms with Crippen LogP contribution in [0.5, 0.6) is 5.75 Å². The lowest BCUT2D eigenvalue weighted by Gasteiger charge is -2.58. The first-order valence-electron chi connectivity index (χ1n) is 8.48. The van der Waals surface area contributed by atoms with E-state index in [4.69, 9.17) is 0 Å². The van der Waals surface area contributed by atoms with Gasteiger partial charge in [-0.15, -0.1) is 13.2 Å². The number of likely N-dealkylation sites (tertiary alicyclic amines) is 1. The molecule has 1 aliphatic heterocycles. The van der Waals surface area contributed by atoms with Crippen molar-refractivity contribution < 1.29 is 17.9 Å². The van der Waals surface area contributed by atoms with Gasteiger partial charge in [0.25, 0.3) is 0 Å². The molecule has 1 aromatic rings. The third-order valence-electron chi connectivity index (χ3n) is 6.32. The maximum Gasteiger partial charge on any atom is 0.573 e. The topological polar surface area (TPSA) is 12.5 Å². The summed E-state index contributed by atoms with van der Waals surface area (Å²) in [5, 5.41) is 0. The summed E-state index contributed by atoms with van der Waals surface area (Å²) in [5.74, 6) is 0.510. The Morgan fingerprint density at radius 3 is 2.83 bits per heavy atom. The van der Waals surface area contributed by atoms with Crippen LogP contribution >= 0.6 is 0 Å². The fourth-order valence-corrected chi connectivity index (χ4v) is 5.37. The van der Waals surface area contributed by atoms with Crippen molar-refractivity contribution in [2.75, 3.05) is 13.6 Å². The molecule has 0 amide bonds. The minimum atomic E-state index is -4.62. The zero-order chi connectivity index (χ0) is 16.2. The molecule has 126 valence electrons. The Bertz CT molecular complexity index is 615. The summed E-state index contributed by atoms with van der Waals surface area (Å²) in [6.45, 7) is 1.03. The lowest BCUT2D eigenvalue weighted by atomic mass is 9.52. The summed E-state index contributed by atoms with van der Waals surface area (Å²) in [7, 11) is 2.19. The quantitative estimate of drug-likeness (QED) is 0.764. The molecule has 1 saturated carbocycles. The fourth-order valence-electron chi connectivity index (χ4n) is 5.37. The van der Waals surface area contributed by atoms with Crippen molar-refractivity contribution in [2.45, 2.75) is 56.3 Å². The van der Waals surface area contributed by atoms with E-state index in [0.29, 0.717) is 12.0 Å². The third kappa shape index (κ3) is 2.44. The molecule has 4 rings (SSSR count). The first-order chi connectivity index (χ1) is 10.9. The molecule has 1 saturated heterocycles. The predicted molar refractivity (Wildman–Crippen MR) is 81.5 cm³/mol. The van der Waals surface area contributed by atoms with Gasteiger partial charge in [-0.25, -0.2) is 0 Å². The van der Waals surface area contributed by atoms with Crippen LogP contribution in [0.1, 0.15) is 43.2 Å². The van der Waals surface area contributed by atoms with Crippen LogP contribution < -0.4 is 4.74 Å². The van der Waals surface area contributed by atoms with Crippen molar-refractivity contribution in [1.29, 1.82) is 0 Å². The second kappa shape index (κ2) is 5.13. The molecule has 5 heteroatoms. The smallest absolute Gasteiger partial charge is 0.406 e. The molecule has 2 bridgehead atoms. The number of piperidine rings is 1. The highest BCUT2D eigenvalue weighted by Gasteiger charge is 2.53. The lowest BCUT2D eigenvalue weighted by Crippen LogP contribution is -2.59. The molecule has 0 N–H and O–H groups in total. The van der Waals surface area contributed by atoms with Crippen molar-refractivity contribution in [2.24, 2.45) is 5.92 Å². The lowest BCUT2D eigenvalue weighted by molar-refractivity contribution is -0.274. The number of ether oxygens (including phenoxy) is 1. The second-order valence-corrected chi connectivity index (χ2v) is 7.38. The fraction of sp³-hybridized carbons (Fsp3) is 0.667. The van der Waals surface area contributed by atoms with E-state index >= 15 is 0 Å². The van der Waals surface area contributed by atoms with Gasteiger partial charge in [-0.2, -0.15) is 0 Å². The molecule has 0 radical (unpaired) electrons. The second-order valence-electron chi connectivity index (χ2n) is 7.38. The molecule has 2 aliphatic carbocycles. The molecule has 2 fully saturated rings. The Morgan fingerprint density at radius 2 is 2.04 bits per heavy atom. The van der Waals surface area contributed by atoms with Gasteiger partial charge in [-0.1, -0.05) is 18.9 Å². The van der Waals surface area contributed by atoms with E-state index in [1.54, 1.807) is 6.07 Å². The SMILES string of the molecule is CN1CC[C@@]23CCCC[C@H]2C1Cc1ccc(OC(F)(F)F)cc13. The van der Waals surface area contributed by atoms with Crippen LogP contribution in [0, 0.1) is 5.92 Å². The number of nitrogens with zero attached hydrogens (tertiary/aromatic N) is 1. The number of alkyl halides is 3. The molecule has 0 spiro atoms. The highest BCUT2D eigenvalue weighted by molar-refractivity contribution is 5.45. The minimum absolute atomic E-state index is 0.0627. The average molecular weight is 325 g/mol.